The van der Waals surface area contributed by atoms with Gasteiger partial charge in [0.15, 0.2) is 0 Å². The van der Waals surface area contributed by atoms with E-state index in [2.05, 4.69) is 34.8 Å². The zero-order valence-corrected chi connectivity index (χ0v) is 11.8. The first-order valence-corrected chi connectivity index (χ1v) is 6.38. The van der Waals surface area contributed by atoms with Crippen molar-refractivity contribution in [1.29, 1.82) is 0 Å². The fraction of sp³-hybridized carbons (Fsp3) is 0.455. The fourth-order valence-corrected chi connectivity index (χ4v) is 2.24. The van der Waals surface area contributed by atoms with E-state index in [4.69, 9.17) is 16.3 Å². The molecule has 0 spiro atoms. The van der Waals surface area contributed by atoms with Crippen LogP contribution in [0, 0.1) is 3.57 Å². The maximum Gasteiger partial charge on any atom is 0.0664 e. The Morgan fingerprint density at radius 1 is 1.53 bits per heavy atom. The summed E-state index contributed by atoms with van der Waals surface area (Å²) in [5, 5.41) is 4.15. The molecule has 0 fully saturated rings. The van der Waals surface area contributed by atoms with Crippen molar-refractivity contribution in [2.75, 3.05) is 18.5 Å². The molecule has 1 rings (SSSR count). The molecular formula is C11H15ClINO. The molecule has 0 bridgehead atoms. The van der Waals surface area contributed by atoms with Crippen molar-refractivity contribution in [1.82, 2.24) is 0 Å². The van der Waals surface area contributed by atoms with Gasteiger partial charge in [-0.3, -0.25) is 0 Å². The average molecular weight is 340 g/mol. The van der Waals surface area contributed by atoms with Crippen LogP contribution < -0.4 is 5.32 Å². The molecule has 0 saturated heterocycles. The molecule has 1 aromatic carbocycles. The highest BCUT2D eigenvalue weighted by atomic mass is 127. The molecule has 0 aliphatic rings. The Morgan fingerprint density at radius 2 is 2.27 bits per heavy atom. The summed E-state index contributed by atoms with van der Waals surface area (Å²) in [5.41, 5.74) is 1.10. The van der Waals surface area contributed by atoms with Gasteiger partial charge < -0.3 is 10.1 Å². The molecule has 84 valence electrons. The van der Waals surface area contributed by atoms with Crippen LogP contribution in [0.3, 0.4) is 0 Å². The minimum Gasteiger partial charge on any atom is -0.380 e. The maximum absolute atomic E-state index is 5.88. The molecule has 0 aliphatic carbocycles. The third kappa shape index (κ3) is 4.57. The highest BCUT2D eigenvalue weighted by Crippen LogP contribution is 2.22. The third-order valence-corrected chi connectivity index (χ3v) is 3.03. The van der Waals surface area contributed by atoms with E-state index < -0.39 is 0 Å². The molecule has 0 aromatic heterocycles. The number of rotatable bonds is 5. The standard InChI is InChI=1S/C11H15ClINO/c1-3-15-7-8(2)14-11-5-4-9(12)6-10(11)13/h4-6,8,14H,3,7H2,1-2H3. The predicted octanol–water partition coefficient (Wildman–Crippen LogP) is 3.78. The number of benzene rings is 1. The summed E-state index contributed by atoms with van der Waals surface area (Å²) in [6.45, 7) is 5.57. The van der Waals surface area contributed by atoms with Gasteiger partial charge in [0, 0.05) is 26.9 Å². The quantitative estimate of drug-likeness (QED) is 0.824. The minimum atomic E-state index is 0.305. The first kappa shape index (κ1) is 13.1. The Balaban J connectivity index is 2.56. The monoisotopic (exact) mass is 339 g/mol. The summed E-state index contributed by atoms with van der Waals surface area (Å²) in [6, 6.07) is 6.13. The molecular weight excluding hydrogens is 324 g/mol. The zero-order chi connectivity index (χ0) is 11.3. The lowest BCUT2D eigenvalue weighted by atomic mass is 10.3. The second-order valence-electron chi connectivity index (χ2n) is 3.33. The summed E-state index contributed by atoms with van der Waals surface area (Å²) >= 11 is 8.15. The molecule has 0 amide bonds. The second-order valence-corrected chi connectivity index (χ2v) is 4.93. The Kier molecular flexibility index (Phi) is 5.71. The van der Waals surface area contributed by atoms with E-state index in [0.717, 1.165) is 27.5 Å². The number of anilines is 1. The predicted molar refractivity (Wildman–Crippen MR) is 73.7 cm³/mol. The Hall–Kier alpha value is -0.000000000000000111. The van der Waals surface area contributed by atoms with Crippen LogP contribution in [0.4, 0.5) is 5.69 Å². The molecule has 0 radical (unpaired) electrons. The summed E-state index contributed by atoms with van der Waals surface area (Å²) < 4.78 is 6.47. The number of halogens is 2. The molecule has 4 heteroatoms. The lowest BCUT2D eigenvalue weighted by molar-refractivity contribution is 0.141. The van der Waals surface area contributed by atoms with Crippen molar-refractivity contribution in [3.8, 4) is 0 Å². The summed E-state index contributed by atoms with van der Waals surface area (Å²) in [4.78, 5) is 0. The fourth-order valence-electron chi connectivity index (χ4n) is 1.21. The summed E-state index contributed by atoms with van der Waals surface area (Å²) in [6.07, 6.45) is 0. The van der Waals surface area contributed by atoms with Crippen molar-refractivity contribution < 1.29 is 4.74 Å². The van der Waals surface area contributed by atoms with Gasteiger partial charge >= 0.3 is 0 Å². The lowest BCUT2D eigenvalue weighted by Gasteiger charge is -2.16. The first-order chi connectivity index (χ1) is 7.13. The van der Waals surface area contributed by atoms with Gasteiger partial charge in [-0.2, -0.15) is 0 Å². The summed E-state index contributed by atoms with van der Waals surface area (Å²) in [5.74, 6) is 0. The van der Waals surface area contributed by atoms with Crippen LogP contribution in [0.15, 0.2) is 18.2 Å². The van der Waals surface area contributed by atoms with Crippen LogP contribution >= 0.6 is 34.2 Å². The summed E-state index contributed by atoms with van der Waals surface area (Å²) in [7, 11) is 0. The Labute approximate surface area is 109 Å². The van der Waals surface area contributed by atoms with Crippen LogP contribution in [0.2, 0.25) is 5.02 Å². The van der Waals surface area contributed by atoms with Gasteiger partial charge in [0.05, 0.1) is 6.61 Å². The Morgan fingerprint density at radius 3 is 2.87 bits per heavy atom. The number of nitrogens with one attached hydrogen (secondary N) is 1. The minimum absolute atomic E-state index is 0.305. The normalized spacial score (nSPS) is 12.5. The van der Waals surface area contributed by atoms with E-state index in [1.165, 1.54) is 0 Å². The highest BCUT2D eigenvalue weighted by molar-refractivity contribution is 14.1. The molecule has 0 heterocycles. The topological polar surface area (TPSA) is 21.3 Å². The Bertz CT molecular complexity index is 319. The maximum atomic E-state index is 5.88. The van der Waals surface area contributed by atoms with Gasteiger partial charge in [-0.05, 0) is 54.6 Å². The molecule has 0 saturated carbocycles. The van der Waals surface area contributed by atoms with Crippen molar-refractivity contribution in [3.63, 3.8) is 0 Å². The molecule has 1 unspecified atom stereocenters. The van der Waals surface area contributed by atoms with E-state index in [9.17, 15) is 0 Å². The molecule has 1 atom stereocenters. The van der Waals surface area contributed by atoms with E-state index in [0.29, 0.717) is 6.04 Å². The highest BCUT2D eigenvalue weighted by Gasteiger charge is 2.05. The van der Waals surface area contributed by atoms with Crippen LogP contribution in [0.25, 0.3) is 0 Å². The van der Waals surface area contributed by atoms with E-state index >= 15 is 0 Å². The van der Waals surface area contributed by atoms with Crippen LogP contribution in [0.5, 0.6) is 0 Å². The van der Waals surface area contributed by atoms with Gasteiger partial charge in [-0.25, -0.2) is 0 Å². The van der Waals surface area contributed by atoms with Gasteiger partial charge in [-0.1, -0.05) is 11.6 Å². The van der Waals surface area contributed by atoms with Gasteiger partial charge in [0.1, 0.15) is 0 Å². The number of ether oxygens (including phenoxy) is 1. The van der Waals surface area contributed by atoms with E-state index in [-0.39, 0.29) is 0 Å². The lowest BCUT2D eigenvalue weighted by Crippen LogP contribution is -2.22. The van der Waals surface area contributed by atoms with Crippen LogP contribution in [-0.2, 0) is 4.74 Å². The molecule has 0 aliphatic heterocycles. The average Bonchev–Trinajstić information content (AvgIpc) is 2.19. The first-order valence-electron chi connectivity index (χ1n) is 4.92. The van der Waals surface area contributed by atoms with Crippen LogP contribution in [0.1, 0.15) is 13.8 Å². The smallest absolute Gasteiger partial charge is 0.0664 e. The third-order valence-electron chi connectivity index (χ3n) is 1.91. The largest absolute Gasteiger partial charge is 0.380 e. The van der Waals surface area contributed by atoms with Crippen molar-refractivity contribution in [2.24, 2.45) is 0 Å². The molecule has 1 aromatic rings. The SMILES string of the molecule is CCOCC(C)Nc1ccc(Cl)cc1I. The van der Waals surface area contributed by atoms with Crippen molar-refractivity contribution in [2.45, 2.75) is 19.9 Å². The number of hydrogen-bond donors (Lipinski definition) is 1. The zero-order valence-electron chi connectivity index (χ0n) is 8.89. The molecule has 15 heavy (non-hydrogen) atoms. The second kappa shape index (κ2) is 6.55. The van der Waals surface area contributed by atoms with Gasteiger partial charge in [0.25, 0.3) is 0 Å². The van der Waals surface area contributed by atoms with Crippen LogP contribution in [-0.4, -0.2) is 19.3 Å². The van der Waals surface area contributed by atoms with Crippen molar-refractivity contribution in [3.05, 3.63) is 26.8 Å². The van der Waals surface area contributed by atoms with Crippen molar-refractivity contribution >= 4 is 39.9 Å². The van der Waals surface area contributed by atoms with Gasteiger partial charge in [-0.15, -0.1) is 0 Å². The van der Waals surface area contributed by atoms with Gasteiger partial charge in [0.2, 0.25) is 0 Å². The molecule has 1 N–H and O–H groups in total. The van der Waals surface area contributed by atoms with E-state index in [1.807, 2.05) is 25.1 Å². The molecule has 2 nitrogen and oxygen atoms in total. The number of hydrogen-bond acceptors (Lipinski definition) is 2. The van der Waals surface area contributed by atoms with E-state index in [1.54, 1.807) is 0 Å².